The molecule has 34 heavy (non-hydrogen) atoms. The third-order valence-electron chi connectivity index (χ3n) is 4.81. The number of nitrogens with zero attached hydrogens (tertiary/aromatic N) is 2. The lowest BCUT2D eigenvalue weighted by molar-refractivity contribution is 0.795. The first kappa shape index (κ1) is 30.8. The second kappa shape index (κ2) is 20.4. The summed E-state index contributed by atoms with van der Waals surface area (Å²) < 4.78 is 0. The molecule has 0 fully saturated rings. The molecule has 0 spiro atoms. The standard InChI is InChI=1S/C16H19N3.C13H20.C2H6/c1-2-3-4-13-5-7-14(8-6-13)16(17)19-15-9-11-18-12-10-15;1-5-8-9-11-12(4)13(7-3)10-6-2;1-2/h5-12H,2-4H2,1H3,(H2,17,18,19);6-11H,5H2,1-4H3;1-2H3/b;9-8+,10-6-,12-11-,13-7-;. The van der Waals surface area contributed by atoms with Crippen LogP contribution < -0.4 is 5.73 Å². The maximum Gasteiger partial charge on any atom is 0.131 e. The van der Waals surface area contributed by atoms with Gasteiger partial charge in [-0.05, 0) is 68.9 Å². The Morgan fingerprint density at radius 1 is 1.00 bits per heavy atom. The van der Waals surface area contributed by atoms with E-state index in [1.54, 1.807) is 12.4 Å². The first-order valence-electron chi connectivity index (χ1n) is 12.5. The molecule has 3 heteroatoms. The number of pyridine rings is 1. The molecule has 0 aliphatic carbocycles. The molecular weight excluding hydrogens is 414 g/mol. The molecule has 2 aromatic rings. The van der Waals surface area contributed by atoms with Crippen molar-refractivity contribution >= 4 is 11.5 Å². The maximum absolute atomic E-state index is 6.01. The van der Waals surface area contributed by atoms with Crippen molar-refractivity contribution in [3.05, 3.63) is 108 Å². The Morgan fingerprint density at radius 3 is 2.18 bits per heavy atom. The number of amidine groups is 1. The van der Waals surface area contributed by atoms with Crippen molar-refractivity contribution in [2.45, 2.75) is 74.1 Å². The molecule has 0 aliphatic rings. The van der Waals surface area contributed by atoms with Crippen LogP contribution in [0.15, 0.2) is 101 Å². The lowest BCUT2D eigenvalue weighted by atomic mass is 10.1. The van der Waals surface area contributed by atoms with Crippen molar-refractivity contribution in [1.29, 1.82) is 0 Å². The van der Waals surface area contributed by atoms with Crippen molar-refractivity contribution in [2.24, 2.45) is 10.7 Å². The van der Waals surface area contributed by atoms with Crippen LogP contribution in [0.1, 0.15) is 78.9 Å². The van der Waals surface area contributed by atoms with Gasteiger partial charge in [0.2, 0.25) is 0 Å². The van der Waals surface area contributed by atoms with Crippen molar-refractivity contribution in [3.8, 4) is 0 Å². The van der Waals surface area contributed by atoms with E-state index in [0.29, 0.717) is 5.84 Å². The van der Waals surface area contributed by atoms with E-state index in [1.807, 2.05) is 45.0 Å². The topological polar surface area (TPSA) is 51.3 Å². The number of nitrogens with two attached hydrogens (primary N) is 1. The highest BCUT2D eigenvalue weighted by atomic mass is 14.9. The number of hydrogen-bond acceptors (Lipinski definition) is 2. The van der Waals surface area contributed by atoms with Gasteiger partial charge in [0.1, 0.15) is 5.84 Å². The van der Waals surface area contributed by atoms with Gasteiger partial charge in [0.05, 0.1) is 5.69 Å². The van der Waals surface area contributed by atoms with Crippen LogP contribution in [0.3, 0.4) is 0 Å². The summed E-state index contributed by atoms with van der Waals surface area (Å²) in [6.07, 6.45) is 20.8. The van der Waals surface area contributed by atoms with Gasteiger partial charge in [0.15, 0.2) is 0 Å². The minimum Gasteiger partial charge on any atom is -0.383 e. The van der Waals surface area contributed by atoms with Gasteiger partial charge in [-0.2, -0.15) is 0 Å². The van der Waals surface area contributed by atoms with Crippen LogP contribution in [0.25, 0.3) is 0 Å². The minimum absolute atomic E-state index is 0.535. The first-order chi connectivity index (χ1) is 16.5. The molecule has 0 bridgehead atoms. The largest absolute Gasteiger partial charge is 0.383 e. The van der Waals surface area contributed by atoms with Gasteiger partial charge in [0, 0.05) is 18.0 Å². The molecular formula is C31H45N3. The van der Waals surface area contributed by atoms with Gasteiger partial charge in [-0.15, -0.1) is 0 Å². The monoisotopic (exact) mass is 459 g/mol. The van der Waals surface area contributed by atoms with Crippen LogP contribution >= 0.6 is 0 Å². The van der Waals surface area contributed by atoms with Gasteiger partial charge >= 0.3 is 0 Å². The number of benzene rings is 1. The highest BCUT2D eigenvalue weighted by Crippen LogP contribution is 2.13. The summed E-state index contributed by atoms with van der Waals surface area (Å²) in [5.41, 5.74) is 11.7. The Bertz CT molecular complexity index is 915. The second-order valence-corrected chi connectivity index (χ2v) is 7.43. The van der Waals surface area contributed by atoms with Crippen molar-refractivity contribution in [3.63, 3.8) is 0 Å². The van der Waals surface area contributed by atoms with E-state index in [-0.39, 0.29) is 0 Å². The number of aromatic nitrogens is 1. The number of aliphatic imine (C=N–C) groups is 1. The zero-order valence-corrected chi connectivity index (χ0v) is 22.4. The van der Waals surface area contributed by atoms with E-state index >= 15 is 0 Å². The third kappa shape index (κ3) is 13.4. The SMILES string of the molecule is CC.CCCCc1ccc(C(N)=Nc2ccncc2)cc1.C\C=C/C(=C/C)C(/C)=C\C=C\CC. The Hall–Kier alpha value is -3.20. The molecule has 0 atom stereocenters. The van der Waals surface area contributed by atoms with Crippen LogP contribution in [0.5, 0.6) is 0 Å². The van der Waals surface area contributed by atoms with Crippen molar-refractivity contribution < 1.29 is 0 Å². The molecule has 1 aromatic heterocycles. The predicted octanol–water partition coefficient (Wildman–Crippen LogP) is 8.91. The predicted molar refractivity (Wildman–Crippen MR) is 153 cm³/mol. The summed E-state index contributed by atoms with van der Waals surface area (Å²) in [6.45, 7) is 14.6. The average molecular weight is 460 g/mol. The Balaban J connectivity index is 0.000000639. The zero-order valence-electron chi connectivity index (χ0n) is 22.4. The minimum atomic E-state index is 0.535. The molecule has 184 valence electrons. The van der Waals surface area contributed by atoms with E-state index in [9.17, 15) is 0 Å². The van der Waals surface area contributed by atoms with E-state index in [1.165, 1.54) is 29.6 Å². The summed E-state index contributed by atoms with van der Waals surface area (Å²) in [5.74, 6) is 0.535. The summed E-state index contributed by atoms with van der Waals surface area (Å²) in [6, 6.07) is 12.0. The van der Waals surface area contributed by atoms with Crippen LogP contribution in [0.2, 0.25) is 0 Å². The zero-order chi connectivity index (χ0) is 25.6. The quantitative estimate of drug-likeness (QED) is 0.231. The molecule has 1 aromatic carbocycles. The molecule has 2 rings (SSSR count). The van der Waals surface area contributed by atoms with Gasteiger partial charge in [-0.25, -0.2) is 4.99 Å². The third-order valence-corrected chi connectivity index (χ3v) is 4.81. The number of unbranched alkanes of at least 4 members (excludes halogenated alkanes) is 1. The molecule has 2 N–H and O–H groups in total. The summed E-state index contributed by atoms with van der Waals surface area (Å²) in [4.78, 5) is 8.33. The number of rotatable bonds is 9. The fraction of sp³-hybridized carbons (Fsp3) is 0.355. The van der Waals surface area contributed by atoms with Crippen LogP contribution in [-0.2, 0) is 6.42 Å². The van der Waals surface area contributed by atoms with Crippen molar-refractivity contribution in [1.82, 2.24) is 4.98 Å². The molecule has 0 saturated heterocycles. The van der Waals surface area contributed by atoms with Gasteiger partial charge in [-0.3, -0.25) is 4.98 Å². The summed E-state index contributed by atoms with van der Waals surface area (Å²) in [5, 5.41) is 0. The average Bonchev–Trinajstić information content (AvgIpc) is 2.88. The van der Waals surface area contributed by atoms with E-state index in [0.717, 1.165) is 24.1 Å². The lowest BCUT2D eigenvalue weighted by Gasteiger charge is -2.04. The van der Waals surface area contributed by atoms with E-state index in [2.05, 4.69) is 86.3 Å². The van der Waals surface area contributed by atoms with Crippen LogP contribution in [0.4, 0.5) is 5.69 Å². The van der Waals surface area contributed by atoms with E-state index in [4.69, 9.17) is 5.73 Å². The molecule has 1 heterocycles. The second-order valence-electron chi connectivity index (χ2n) is 7.43. The van der Waals surface area contributed by atoms with Gasteiger partial charge in [-0.1, -0.05) is 94.8 Å². The Labute approximate surface area is 208 Å². The fourth-order valence-corrected chi connectivity index (χ4v) is 2.92. The fourth-order valence-electron chi connectivity index (χ4n) is 2.92. The molecule has 0 unspecified atom stereocenters. The van der Waals surface area contributed by atoms with Crippen molar-refractivity contribution in [2.75, 3.05) is 0 Å². The highest BCUT2D eigenvalue weighted by Gasteiger charge is 1.99. The Kier molecular flexibility index (Phi) is 18.5. The van der Waals surface area contributed by atoms with Gasteiger partial charge in [0.25, 0.3) is 0 Å². The van der Waals surface area contributed by atoms with Crippen LogP contribution in [-0.4, -0.2) is 10.8 Å². The Morgan fingerprint density at radius 2 is 1.65 bits per heavy atom. The lowest BCUT2D eigenvalue weighted by Crippen LogP contribution is -2.12. The highest BCUT2D eigenvalue weighted by molar-refractivity contribution is 5.99. The number of aryl methyl sites for hydroxylation is 1. The van der Waals surface area contributed by atoms with Gasteiger partial charge < -0.3 is 5.73 Å². The maximum atomic E-state index is 6.01. The summed E-state index contributed by atoms with van der Waals surface area (Å²) >= 11 is 0. The van der Waals surface area contributed by atoms with Crippen LogP contribution in [0, 0.1) is 0 Å². The molecule has 0 amide bonds. The molecule has 0 radical (unpaired) electrons. The summed E-state index contributed by atoms with van der Waals surface area (Å²) in [7, 11) is 0. The smallest absolute Gasteiger partial charge is 0.131 e. The first-order valence-corrected chi connectivity index (χ1v) is 12.5. The normalized spacial score (nSPS) is 12.3. The number of hydrogen-bond donors (Lipinski definition) is 1. The number of allylic oxidation sites excluding steroid dienone is 8. The molecule has 0 saturated carbocycles. The van der Waals surface area contributed by atoms with E-state index < -0.39 is 0 Å². The molecule has 3 nitrogen and oxygen atoms in total. The molecule has 0 aliphatic heterocycles.